The van der Waals surface area contributed by atoms with Crippen molar-refractivity contribution in [2.24, 2.45) is 5.73 Å². The van der Waals surface area contributed by atoms with E-state index in [1.807, 2.05) is 22.6 Å². The second-order valence-electron chi connectivity index (χ2n) is 2.77. The minimum Gasteiger partial charge on any atom is -0.465 e. The number of hydrogen-bond donors (Lipinski definition) is 2. The molecule has 86 valence electrons. The second-order valence-corrected chi connectivity index (χ2v) is 4.67. The molecule has 0 aliphatic carbocycles. The largest absolute Gasteiger partial charge is 0.465 e. The minimum atomic E-state index is -0.482. The molecule has 0 saturated heterocycles. The number of anilines is 1. The molecule has 0 spiro atoms. The smallest absolute Gasteiger partial charge is 0.339 e. The maximum absolute atomic E-state index is 11.3. The number of benzene rings is 1. The zero-order chi connectivity index (χ0) is 12.3. The van der Waals surface area contributed by atoms with Gasteiger partial charge in [-0.2, -0.15) is 0 Å². The van der Waals surface area contributed by atoms with Gasteiger partial charge in [0.1, 0.15) is 0 Å². The van der Waals surface area contributed by atoms with Gasteiger partial charge in [0.25, 0.3) is 0 Å². The molecular weight excluding hydrogens is 363 g/mol. The Labute approximate surface area is 117 Å². The maximum atomic E-state index is 11.3. The highest BCUT2D eigenvalue weighted by atomic mass is 127. The topological polar surface area (TPSA) is 64.3 Å². The van der Waals surface area contributed by atoms with Gasteiger partial charge >= 0.3 is 5.97 Å². The van der Waals surface area contributed by atoms with Gasteiger partial charge in [0, 0.05) is 0 Å². The zero-order valence-corrected chi connectivity index (χ0v) is 11.9. The normalized spacial score (nSPS) is 9.69. The average Bonchev–Trinajstić information content (AvgIpc) is 2.23. The van der Waals surface area contributed by atoms with Crippen molar-refractivity contribution < 1.29 is 9.53 Å². The van der Waals surface area contributed by atoms with Gasteiger partial charge in [0.05, 0.1) is 27.0 Å². The lowest BCUT2D eigenvalue weighted by Crippen LogP contribution is -2.19. The first-order chi connectivity index (χ1) is 7.47. The monoisotopic (exact) mass is 370 g/mol. The summed E-state index contributed by atoms with van der Waals surface area (Å²) in [5, 5.41) is 3.22. The number of rotatable bonds is 2. The third-order valence-corrected chi connectivity index (χ3v) is 3.68. The summed E-state index contributed by atoms with van der Waals surface area (Å²) in [6, 6.07) is 3.22. The van der Waals surface area contributed by atoms with Crippen LogP contribution < -0.4 is 11.1 Å². The number of nitrogens with one attached hydrogen (secondary N) is 1. The summed E-state index contributed by atoms with van der Waals surface area (Å²) >= 11 is 12.7. The fourth-order valence-electron chi connectivity index (χ4n) is 1.05. The lowest BCUT2D eigenvalue weighted by Gasteiger charge is -2.10. The molecule has 7 heteroatoms. The van der Waals surface area contributed by atoms with Gasteiger partial charge in [0.15, 0.2) is 5.11 Å². The van der Waals surface area contributed by atoms with Crippen molar-refractivity contribution in [3.63, 3.8) is 0 Å². The van der Waals surface area contributed by atoms with Crippen LogP contribution in [0.25, 0.3) is 0 Å². The van der Waals surface area contributed by atoms with Gasteiger partial charge in [-0.15, -0.1) is 0 Å². The highest BCUT2D eigenvalue weighted by Crippen LogP contribution is 2.30. The van der Waals surface area contributed by atoms with Crippen molar-refractivity contribution >= 4 is 63.2 Å². The van der Waals surface area contributed by atoms with Crippen LogP contribution in [0.1, 0.15) is 10.4 Å². The maximum Gasteiger partial charge on any atom is 0.339 e. The summed E-state index contributed by atoms with van der Waals surface area (Å²) in [6.45, 7) is 0. The van der Waals surface area contributed by atoms with Crippen LogP contribution in [0.4, 0.5) is 5.69 Å². The molecule has 0 fully saturated rings. The average molecular weight is 371 g/mol. The number of carbonyl (C=O) groups excluding carboxylic acids is 1. The van der Waals surface area contributed by atoms with E-state index in [9.17, 15) is 4.79 Å². The van der Waals surface area contributed by atoms with Crippen molar-refractivity contribution in [3.8, 4) is 0 Å². The van der Waals surface area contributed by atoms with E-state index >= 15 is 0 Å². The Morgan fingerprint density at radius 3 is 2.75 bits per heavy atom. The van der Waals surface area contributed by atoms with E-state index in [1.54, 1.807) is 12.1 Å². The first-order valence-corrected chi connectivity index (χ1v) is 5.96. The zero-order valence-electron chi connectivity index (χ0n) is 8.21. The van der Waals surface area contributed by atoms with Crippen molar-refractivity contribution in [3.05, 3.63) is 26.3 Å². The number of ether oxygens (including phenoxy) is 1. The number of carbonyl (C=O) groups is 1. The van der Waals surface area contributed by atoms with Gasteiger partial charge in [0.2, 0.25) is 0 Å². The molecule has 0 atom stereocenters. The molecule has 0 unspecified atom stereocenters. The van der Waals surface area contributed by atoms with Crippen LogP contribution in [0.5, 0.6) is 0 Å². The molecular formula is C9H8ClIN2O2S. The SMILES string of the molecule is COC(=O)c1ccc(NC(N)=S)c(I)c1Cl. The van der Waals surface area contributed by atoms with Crippen LogP contribution in [0, 0.1) is 3.57 Å². The lowest BCUT2D eigenvalue weighted by molar-refractivity contribution is 0.0601. The molecule has 0 aliphatic heterocycles. The number of thiocarbonyl (C=S) groups is 1. The molecule has 1 aromatic rings. The summed E-state index contributed by atoms with van der Waals surface area (Å²) in [4.78, 5) is 11.3. The van der Waals surface area contributed by atoms with Crippen molar-refractivity contribution in [2.45, 2.75) is 0 Å². The van der Waals surface area contributed by atoms with Crippen LogP contribution in [-0.2, 0) is 4.74 Å². The van der Waals surface area contributed by atoms with Gasteiger partial charge < -0.3 is 15.8 Å². The van der Waals surface area contributed by atoms with Gasteiger partial charge in [-0.1, -0.05) is 11.6 Å². The number of halogens is 2. The van der Waals surface area contributed by atoms with Crippen molar-refractivity contribution in [2.75, 3.05) is 12.4 Å². The molecule has 4 nitrogen and oxygen atoms in total. The lowest BCUT2D eigenvalue weighted by atomic mass is 10.2. The van der Waals surface area contributed by atoms with Gasteiger partial charge in [-0.25, -0.2) is 4.79 Å². The summed E-state index contributed by atoms with van der Waals surface area (Å²) < 4.78 is 5.26. The third-order valence-electron chi connectivity index (χ3n) is 1.75. The fraction of sp³-hybridized carbons (Fsp3) is 0.111. The Kier molecular flexibility index (Phi) is 4.75. The van der Waals surface area contributed by atoms with E-state index in [0.717, 1.165) is 0 Å². The van der Waals surface area contributed by atoms with E-state index in [1.165, 1.54) is 7.11 Å². The summed E-state index contributed by atoms with van der Waals surface area (Å²) in [5.74, 6) is -0.482. The van der Waals surface area contributed by atoms with Crippen LogP contribution in [0.15, 0.2) is 12.1 Å². The molecule has 0 heterocycles. The molecule has 1 aromatic carbocycles. The summed E-state index contributed by atoms with van der Waals surface area (Å²) in [6.07, 6.45) is 0. The van der Waals surface area contributed by atoms with Crippen LogP contribution in [0.2, 0.25) is 5.02 Å². The Bertz CT molecular complexity index is 453. The predicted molar refractivity (Wildman–Crippen MR) is 75.9 cm³/mol. The van der Waals surface area contributed by atoms with E-state index in [0.29, 0.717) is 19.8 Å². The highest BCUT2D eigenvalue weighted by Gasteiger charge is 2.15. The minimum absolute atomic E-state index is 0.139. The number of hydrogen-bond acceptors (Lipinski definition) is 3. The second kappa shape index (κ2) is 5.65. The molecule has 0 amide bonds. The van der Waals surface area contributed by atoms with Crippen LogP contribution in [-0.4, -0.2) is 18.2 Å². The number of methoxy groups -OCH3 is 1. The number of esters is 1. The molecule has 3 N–H and O–H groups in total. The van der Waals surface area contributed by atoms with E-state index in [4.69, 9.17) is 29.6 Å². The van der Waals surface area contributed by atoms with Crippen LogP contribution >= 0.6 is 46.4 Å². The Morgan fingerprint density at radius 1 is 1.62 bits per heavy atom. The van der Waals surface area contributed by atoms with Crippen LogP contribution in [0.3, 0.4) is 0 Å². The van der Waals surface area contributed by atoms with Crippen molar-refractivity contribution in [1.82, 2.24) is 0 Å². The molecule has 16 heavy (non-hydrogen) atoms. The summed E-state index contributed by atoms with van der Waals surface area (Å²) in [7, 11) is 1.30. The third kappa shape index (κ3) is 2.96. The van der Waals surface area contributed by atoms with E-state index < -0.39 is 5.97 Å². The fourth-order valence-corrected chi connectivity index (χ4v) is 2.00. The molecule has 0 saturated carbocycles. The predicted octanol–water partition coefficient (Wildman–Crippen LogP) is 2.39. The first-order valence-electron chi connectivity index (χ1n) is 4.10. The van der Waals surface area contributed by atoms with Gasteiger partial charge in [-0.05, 0) is 46.9 Å². The van der Waals surface area contributed by atoms with Gasteiger partial charge in [-0.3, -0.25) is 0 Å². The summed E-state index contributed by atoms with van der Waals surface area (Å²) in [5.41, 5.74) is 6.32. The standard InChI is InChI=1S/C9H8ClIN2O2S/c1-15-8(14)4-2-3-5(13-9(12)16)7(11)6(4)10/h2-3H,1H3,(H3,12,13,16). The molecule has 1 rings (SSSR count). The Hall–Kier alpha value is -0.600. The molecule has 0 radical (unpaired) electrons. The number of nitrogens with two attached hydrogens (primary N) is 1. The molecule has 0 aromatic heterocycles. The Morgan fingerprint density at radius 2 is 2.25 bits per heavy atom. The molecule has 0 bridgehead atoms. The molecule has 0 aliphatic rings. The quantitative estimate of drug-likeness (QED) is 0.475. The van der Waals surface area contributed by atoms with E-state index in [-0.39, 0.29) is 5.11 Å². The van der Waals surface area contributed by atoms with E-state index in [2.05, 4.69) is 10.1 Å². The van der Waals surface area contributed by atoms with Crippen molar-refractivity contribution in [1.29, 1.82) is 0 Å². The Balaban J connectivity index is 3.17. The highest BCUT2D eigenvalue weighted by molar-refractivity contribution is 14.1. The first kappa shape index (κ1) is 13.5.